The molecule has 1 amide bonds. The molecule has 0 spiro atoms. The molecular formula is C21H23F3N2O3S. The molecule has 0 aromatic heterocycles. The zero-order valence-electron chi connectivity index (χ0n) is 16.4. The van der Waals surface area contributed by atoms with Crippen LogP contribution in [0.1, 0.15) is 25.3 Å². The van der Waals surface area contributed by atoms with Crippen molar-refractivity contribution in [2.45, 2.75) is 25.9 Å². The lowest BCUT2D eigenvalue weighted by molar-refractivity contribution is -0.137. The summed E-state index contributed by atoms with van der Waals surface area (Å²) in [4.78, 5) is 12.5. The SMILES string of the molecule is CCS(=O)(=O)N1CCC(C(=O)Nc2ccc(-c3cccc(C(F)(F)F)c3)cc2)CC1. The normalized spacial score (nSPS) is 16.4. The Hall–Kier alpha value is -2.39. The van der Waals surface area contributed by atoms with Crippen LogP contribution in [-0.4, -0.2) is 37.5 Å². The molecular weight excluding hydrogens is 417 g/mol. The minimum absolute atomic E-state index is 0.0437. The number of hydrogen-bond acceptors (Lipinski definition) is 3. The summed E-state index contributed by atoms with van der Waals surface area (Å²) in [7, 11) is -3.24. The Kier molecular flexibility index (Phi) is 6.52. The lowest BCUT2D eigenvalue weighted by Crippen LogP contribution is -2.42. The molecule has 1 saturated heterocycles. The maximum Gasteiger partial charge on any atom is 0.416 e. The number of anilines is 1. The molecule has 2 aromatic rings. The van der Waals surface area contributed by atoms with Gasteiger partial charge in [0.1, 0.15) is 0 Å². The first-order valence-electron chi connectivity index (χ1n) is 9.66. The zero-order valence-corrected chi connectivity index (χ0v) is 17.3. The molecule has 30 heavy (non-hydrogen) atoms. The number of carbonyl (C=O) groups is 1. The first-order valence-corrected chi connectivity index (χ1v) is 11.3. The number of carbonyl (C=O) groups excluding carboxylic acids is 1. The lowest BCUT2D eigenvalue weighted by Gasteiger charge is -2.30. The summed E-state index contributed by atoms with van der Waals surface area (Å²) < 4.78 is 63.9. The van der Waals surface area contributed by atoms with E-state index in [2.05, 4.69) is 5.32 Å². The molecule has 0 atom stereocenters. The molecule has 1 heterocycles. The highest BCUT2D eigenvalue weighted by Crippen LogP contribution is 2.32. The third kappa shape index (κ3) is 5.20. The van der Waals surface area contributed by atoms with Gasteiger partial charge in [0.2, 0.25) is 15.9 Å². The van der Waals surface area contributed by atoms with Crippen molar-refractivity contribution in [3.63, 3.8) is 0 Å². The van der Waals surface area contributed by atoms with E-state index in [4.69, 9.17) is 0 Å². The summed E-state index contributed by atoms with van der Waals surface area (Å²) in [5, 5.41) is 2.81. The van der Waals surface area contributed by atoms with E-state index in [1.807, 2.05) is 0 Å². The number of rotatable bonds is 5. The van der Waals surface area contributed by atoms with E-state index in [0.717, 1.165) is 12.1 Å². The number of piperidine rings is 1. The summed E-state index contributed by atoms with van der Waals surface area (Å²) in [6, 6.07) is 11.7. The van der Waals surface area contributed by atoms with Gasteiger partial charge in [-0.3, -0.25) is 4.79 Å². The van der Waals surface area contributed by atoms with Gasteiger partial charge in [0.25, 0.3) is 0 Å². The molecule has 0 aliphatic carbocycles. The molecule has 9 heteroatoms. The Morgan fingerprint density at radius 2 is 1.70 bits per heavy atom. The van der Waals surface area contributed by atoms with Crippen molar-refractivity contribution >= 4 is 21.6 Å². The van der Waals surface area contributed by atoms with E-state index in [-0.39, 0.29) is 17.6 Å². The minimum Gasteiger partial charge on any atom is -0.326 e. The van der Waals surface area contributed by atoms with Crippen LogP contribution in [0.3, 0.4) is 0 Å². The molecule has 2 aromatic carbocycles. The molecule has 1 fully saturated rings. The van der Waals surface area contributed by atoms with Crippen molar-refractivity contribution in [2.24, 2.45) is 5.92 Å². The molecule has 0 radical (unpaired) electrons. The largest absolute Gasteiger partial charge is 0.416 e. The fourth-order valence-electron chi connectivity index (χ4n) is 3.44. The lowest BCUT2D eigenvalue weighted by atomic mass is 9.97. The van der Waals surface area contributed by atoms with Gasteiger partial charge >= 0.3 is 6.18 Å². The Balaban J connectivity index is 1.62. The number of sulfonamides is 1. The van der Waals surface area contributed by atoms with Crippen LogP contribution in [-0.2, 0) is 21.0 Å². The second-order valence-electron chi connectivity index (χ2n) is 7.22. The maximum atomic E-state index is 12.9. The third-order valence-corrected chi connectivity index (χ3v) is 7.14. The van der Waals surface area contributed by atoms with E-state index in [1.54, 1.807) is 37.3 Å². The van der Waals surface area contributed by atoms with Crippen molar-refractivity contribution in [2.75, 3.05) is 24.2 Å². The summed E-state index contributed by atoms with van der Waals surface area (Å²) in [5.74, 6) is -0.422. The number of nitrogens with zero attached hydrogens (tertiary/aromatic N) is 1. The van der Waals surface area contributed by atoms with Crippen molar-refractivity contribution in [1.82, 2.24) is 4.31 Å². The first-order chi connectivity index (χ1) is 14.1. The van der Waals surface area contributed by atoms with Crippen molar-refractivity contribution in [1.29, 1.82) is 0 Å². The number of benzene rings is 2. The fraction of sp³-hybridized carbons (Fsp3) is 0.381. The number of hydrogen-bond donors (Lipinski definition) is 1. The van der Waals surface area contributed by atoms with Gasteiger partial charge in [-0.2, -0.15) is 13.2 Å². The third-order valence-electron chi connectivity index (χ3n) is 5.26. The van der Waals surface area contributed by atoms with Crippen LogP contribution < -0.4 is 5.32 Å². The Bertz CT molecular complexity index is 997. The van der Waals surface area contributed by atoms with Gasteiger partial charge in [-0.15, -0.1) is 0 Å². The summed E-state index contributed by atoms with van der Waals surface area (Å²) >= 11 is 0. The standard InChI is InChI=1S/C21H23F3N2O3S/c1-2-30(28,29)26-12-10-16(11-13-26)20(27)25-19-8-6-15(7-9-19)17-4-3-5-18(14-17)21(22,23)24/h3-9,14,16H,2,10-13H2,1H3,(H,25,27). The molecule has 3 rings (SSSR count). The molecule has 1 aliphatic heterocycles. The number of nitrogens with one attached hydrogen (secondary N) is 1. The molecule has 0 saturated carbocycles. The highest BCUT2D eigenvalue weighted by Gasteiger charge is 2.31. The Morgan fingerprint density at radius 3 is 2.27 bits per heavy atom. The second-order valence-corrected chi connectivity index (χ2v) is 9.48. The zero-order chi connectivity index (χ0) is 21.9. The minimum atomic E-state index is -4.41. The summed E-state index contributed by atoms with van der Waals surface area (Å²) in [5.41, 5.74) is 0.873. The van der Waals surface area contributed by atoms with Gasteiger partial charge < -0.3 is 5.32 Å². The molecule has 1 aliphatic rings. The van der Waals surface area contributed by atoms with Gasteiger partial charge in [0.15, 0.2) is 0 Å². The van der Waals surface area contributed by atoms with Crippen LogP contribution in [0.5, 0.6) is 0 Å². The number of amides is 1. The topological polar surface area (TPSA) is 66.5 Å². The van der Waals surface area contributed by atoms with Gasteiger partial charge in [-0.25, -0.2) is 12.7 Å². The van der Waals surface area contributed by atoms with E-state index in [1.165, 1.54) is 10.4 Å². The van der Waals surface area contributed by atoms with Crippen LogP contribution in [0, 0.1) is 5.92 Å². The monoisotopic (exact) mass is 440 g/mol. The van der Waals surface area contributed by atoms with Crippen LogP contribution >= 0.6 is 0 Å². The van der Waals surface area contributed by atoms with Crippen LogP contribution in [0.15, 0.2) is 48.5 Å². The van der Waals surface area contributed by atoms with E-state index < -0.39 is 21.8 Å². The summed E-state index contributed by atoms with van der Waals surface area (Å²) in [6.07, 6.45) is -3.50. The first kappa shape index (κ1) is 22.3. The van der Waals surface area contributed by atoms with Crippen molar-refractivity contribution in [3.05, 3.63) is 54.1 Å². The predicted molar refractivity (Wildman–Crippen MR) is 109 cm³/mol. The predicted octanol–water partition coefficient (Wildman–Crippen LogP) is 4.37. The second kappa shape index (κ2) is 8.77. The van der Waals surface area contributed by atoms with E-state index >= 15 is 0 Å². The molecule has 1 N–H and O–H groups in total. The van der Waals surface area contributed by atoms with Crippen LogP contribution in [0.4, 0.5) is 18.9 Å². The Labute approximate surface area is 173 Å². The molecule has 0 bridgehead atoms. The van der Waals surface area contributed by atoms with Gasteiger partial charge in [-0.05, 0) is 55.2 Å². The van der Waals surface area contributed by atoms with Crippen molar-refractivity contribution in [3.8, 4) is 11.1 Å². The Morgan fingerprint density at radius 1 is 1.07 bits per heavy atom. The summed E-state index contributed by atoms with van der Waals surface area (Å²) in [6.45, 7) is 2.24. The van der Waals surface area contributed by atoms with Gasteiger partial charge in [-0.1, -0.05) is 24.3 Å². The van der Waals surface area contributed by atoms with Crippen molar-refractivity contribution < 1.29 is 26.4 Å². The smallest absolute Gasteiger partial charge is 0.326 e. The van der Waals surface area contributed by atoms with E-state index in [0.29, 0.717) is 42.7 Å². The molecule has 0 unspecified atom stereocenters. The average molecular weight is 440 g/mol. The average Bonchev–Trinajstić information content (AvgIpc) is 2.74. The van der Waals surface area contributed by atoms with E-state index in [9.17, 15) is 26.4 Å². The van der Waals surface area contributed by atoms with Crippen LogP contribution in [0.2, 0.25) is 0 Å². The molecule has 5 nitrogen and oxygen atoms in total. The van der Waals surface area contributed by atoms with Gasteiger partial charge in [0.05, 0.1) is 11.3 Å². The van der Waals surface area contributed by atoms with Crippen LogP contribution in [0.25, 0.3) is 11.1 Å². The quantitative estimate of drug-likeness (QED) is 0.751. The fourth-order valence-corrected chi connectivity index (χ4v) is 4.58. The highest BCUT2D eigenvalue weighted by atomic mass is 32.2. The number of alkyl halides is 3. The number of halogens is 3. The maximum absolute atomic E-state index is 12.9. The van der Waals surface area contributed by atoms with Gasteiger partial charge in [0, 0.05) is 24.7 Å². The highest BCUT2D eigenvalue weighted by molar-refractivity contribution is 7.89. The molecule has 162 valence electrons.